The van der Waals surface area contributed by atoms with Gasteiger partial charge in [0, 0.05) is 6.07 Å². The van der Waals surface area contributed by atoms with Gasteiger partial charge >= 0.3 is 5.97 Å². The van der Waals surface area contributed by atoms with Crippen molar-refractivity contribution in [3.8, 4) is 11.1 Å². The van der Waals surface area contributed by atoms with Gasteiger partial charge in [-0.3, -0.25) is 10.1 Å². The summed E-state index contributed by atoms with van der Waals surface area (Å²) in [5.74, 6) is -1.79. The summed E-state index contributed by atoms with van der Waals surface area (Å²) >= 11 is 0. The van der Waals surface area contributed by atoms with Gasteiger partial charge in [-0.05, 0) is 29.3 Å². The summed E-state index contributed by atoms with van der Waals surface area (Å²) < 4.78 is 13.3. The van der Waals surface area contributed by atoms with Crippen molar-refractivity contribution in [2.75, 3.05) is 0 Å². The third kappa shape index (κ3) is 2.74. The first-order chi connectivity index (χ1) is 8.97. The maximum Gasteiger partial charge on any atom is 0.335 e. The molecule has 0 aromatic heterocycles. The monoisotopic (exact) mass is 261 g/mol. The van der Waals surface area contributed by atoms with Gasteiger partial charge in [-0.1, -0.05) is 12.1 Å². The van der Waals surface area contributed by atoms with Gasteiger partial charge in [0.2, 0.25) is 0 Å². The van der Waals surface area contributed by atoms with Crippen LogP contribution in [-0.2, 0) is 0 Å². The minimum Gasteiger partial charge on any atom is -0.478 e. The number of nitrogens with zero attached hydrogens (tertiary/aromatic N) is 1. The molecule has 0 saturated carbocycles. The second-order valence-electron chi connectivity index (χ2n) is 3.84. The van der Waals surface area contributed by atoms with Crippen LogP contribution in [0.5, 0.6) is 0 Å². The molecule has 0 spiro atoms. The molecule has 1 N–H and O–H groups in total. The van der Waals surface area contributed by atoms with Gasteiger partial charge in [0.15, 0.2) is 0 Å². The summed E-state index contributed by atoms with van der Waals surface area (Å²) in [6.07, 6.45) is 0. The fourth-order valence-electron chi connectivity index (χ4n) is 1.65. The summed E-state index contributed by atoms with van der Waals surface area (Å²) in [7, 11) is 0. The van der Waals surface area contributed by atoms with E-state index in [1.807, 2.05) is 0 Å². The standard InChI is InChI=1S/C13H8FNO4/c14-11-5-10(6-12(7-11)15(18)19)8-1-3-9(4-2-8)13(16)17/h1-7H,(H,16,17). The Morgan fingerprint density at radius 1 is 1.11 bits per heavy atom. The van der Waals surface area contributed by atoms with Gasteiger partial charge < -0.3 is 5.11 Å². The molecule has 0 fully saturated rings. The van der Waals surface area contributed by atoms with Gasteiger partial charge in [0.05, 0.1) is 16.6 Å². The fraction of sp³-hybridized carbons (Fsp3) is 0. The first-order valence-electron chi connectivity index (χ1n) is 5.26. The summed E-state index contributed by atoms with van der Waals surface area (Å²) in [5.41, 5.74) is 0.572. The van der Waals surface area contributed by atoms with Crippen molar-refractivity contribution >= 4 is 11.7 Å². The second kappa shape index (κ2) is 4.85. The molecule has 0 aliphatic heterocycles. The summed E-state index contributed by atoms with van der Waals surface area (Å²) in [6.45, 7) is 0. The molecule has 0 bridgehead atoms. The van der Waals surface area contributed by atoms with Crippen LogP contribution in [0.2, 0.25) is 0 Å². The smallest absolute Gasteiger partial charge is 0.335 e. The third-order valence-electron chi connectivity index (χ3n) is 2.56. The van der Waals surface area contributed by atoms with E-state index >= 15 is 0 Å². The van der Waals surface area contributed by atoms with Crippen LogP contribution in [0, 0.1) is 15.9 Å². The van der Waals surface area contributed by atoms with Crippen molar-refractivity contribution in [2.45, 2.75) is 0 Å². The highest BCUT2D eigenvalue weighted by atomic mass is 19.1. The van der Waals surface area contributed by atoms with Crippen molar-refractivity contribution in [3.05, 3.63) is 64.0 Å². The lowest BCUT2D eigenvalue weighted by molar-refractivity contribution is -0.385. The van der Waals surface area contributed by atoms with Crippen LogP contribution in [0.4, 0.5) is 10.1 Å². The Morgan fingerprint density at radius 3 is 2.26 bits per heavy atom. The van der Waals surface area contributed by atoms with Crippen molar-refractivity contribution in [1.82, 2.24) is 0 Å². The van der Waals surface area contributed by atoms with Crippen molar-refractivity contribution in [2.24, 2.45) is 0 Å². The number of aromatic carboxylic acids is 1. The van der Waals surface area contributed by atoms with E-state index in [9.17, 15) is 19.3 Å². The van der Waals surface area contributed by atoms with E-state index in [2.05, 4.69) is 0 Å². The number of nitro benzene ring substituents is 1. The molecule has 5 nitrogen and oxygen atoms in total. The Hall–Kier alpha value is -2.76. The number of carboxylic acid groups (broad SMARTS) is 1. The SMILES string of the molecule is O=C(O)c1ccc(-c2cc(F)cc([N+](=O)[O-])c2)cc1. The minimum atomic E-state index is -1.07. The topological polar surface area (TPSA) is 80.4 Å². The Labute approximate surface area is 107 Å². The molecule has 0 heterocycles. The van der Waals surface area contributed by atoms with Gasteiger partial charge in [0.25, 0.3) is 5.69 Å². The molecule has 0 saturated heterocycles. The number of benzene rings is 2. The number of nitro groups is 1. The van der Waals surface area contributed by atoms with Crippen LogP contribution >= 0.6 is 0 Å². The van der Waals surface area contributed by atoms with E-state index in [1.54, 1.807) is 0 Å². The van der Waals surface area contributed by atoms with Crippen LogP contribution in [0.3, 0.4) is 0 Å². The number of hydrogen-bond acceptors (Lipinski definition) is 3. The molecule has 0 aliphatic rings. The zero-order valence-electron chi connectivity index (χ0n) is 9.54. The number of rotatable bonds is 3. The van der Waals surface area contributed by atoms with E-state index in [0.29, 0.717) is 11.1 Å². The number of carboxylic acids is 1. The Kier molecular flexibility index (Phi) is 3.24. The quantitative estimate of drug-likeness (QED) is 0.680. The molecule has 2 aromatic carbocycles. The van der Waals surface area contributed by atoms with Crippen molar-refractivity contribution in [3.63, 3.8) is 0 Å². The number of carbonyl (C=O) groups is 1. The van der Waals surface area contributed by atoms with Crippen LogP contribution in [0.1, 0.15) is 10.4 Å². The van der Waals surface area contributed by atoms with Crippen LogP contribution in [-0.4, -0.2) is 16.0 Å². The lowest BCUT2D eigenvalue weighted by Gasteiger charge is -2.03. The number of halogens is 1. The van der Waals surface area contributed by atoms with Gasteiger partial charge in [-0.25, -0.2) is 9.18 Å². The zero-order chi connectivity index (χ0) is 14.0. The molecule has 0 radical (unpaired) electrons. The van der Waals surface area contributed by atoms with Crippen molar-refractivity contribution in [1.29, 1.82) is 0 Å². The third-order valence-corrected chi connectivity index (χ3v) is 2.56. The maximum absolute atomic E-state index is 13.3. The van der Waals surface area contributed by atoms with Crippen LogP contribution in [0.25, 0.3) is 11.1 Å². The fourth-order valence-corrected chi connectivity index (χ4v) is 1.65. The molecule has 96 valence electrons. The first kappa shape index (κ1) is 12.7. The van der Waals surface area contributed by atoms with E-state index < -0.39 is 16.7 Å². The molecular weight excluding hydrogens is 253 g/mol. The molecule has 0 atom stereocenters. The molecule has 0 aliphatic carbocycles. The lowest BCUT2D eigenvalue weighted by Crippen LogP contribution is -1.95. The highest BCUT2D eigenvalue weighted by Crippen LogP contribution is 2.25. The predicted molar refractivity (Wildman–Crippen MR) is 65.4 cm³/mol. The minimum absolute atomic E-state index is 0.0923. The largest absolute Gasteiger partial charge is 0.478 e. The number of non-ortho nitro benzene ring substituents is 1. The summed E-state index contributed by atoms with van der Waals surface area (Å²) in [5, 5.41) is 19.4. The van der Waals surface area contributed by atoms with E-state index in [1.165, 1.54) is 30.3 Å². The van der Waals surface area contributed by atoms with E-state index in [-0.39, 0.29) is 11.3 Å². The van der Waals surface area contributed by atoms with Gasteiger partial charge in [-0.2, -0.15) is 0 Å². The predicted octanol–water partition coefficient (Wildman–Crippen LogP) is 3.10. The highest BCUT2D eigenvalue weighted by molar-refractivity contribution is 5.88. The molecule has 0 amide bonds. The van der Waals surface area contributed by atoms with E-state index in [4.69, 9.17) is 5.11 Å². The Bertz CT molecular complexity index is 652. The van der Waals surface area contributed by atoms with Crippen LogP contribution in [0.15, 0.2) is 42.5 Å². The molecule has 2 aromatic rings. The van der Waals surface area contributed by atoms with Crippen molar-refractivity contribution < 1.29 is 19.2 Å². The molecule has 6 heteroatoms. The normalized spacial score (nSPS) is 10.2. The second-order valence-corrected chi connectivity index (χ2v) is 3.84. The molecule has 0 unspecified atom stereocenters. The zero-order valence-corrected chi connectivity index (χ0v) is 9.54. The van der Waals surface area contributed by atoms with Crippen LogP contribution < -0.4 is 0 Å². The van der Waals surface area contributed by atoms with Gasteiger partial charge in [0.1, 0.15) is 5.82 Å². The molecular formula is C13H8FNO4. The Morgan fingerprint density at radius 2 is 1.74 bits per heavy atom. The molecule has 19 heavy (non-hydrogen) atoms. The lowest BCUT2D eigenvalue weighted by atomic mass is 10.0. The average Bonchev–Trinajstić information content (AvgIpc) is 2.38. The van der Waals surface area contributed by atoms with Gasteiger partial charge in [-0.15, -0.1) is 0 Å². The molecule has 2 rings (SSSR count). The summed E-state index contributed by atoms with van der Waals surface area (Å²) in [6, 6.07) is 8.88. The first-order valence-corrected chi connectivity index (χ1v) is 5.26. The maximum atomic E-state index is 13.3. The highest BCUT2D eigenvalue weighted by Gasteiger charge is 2.11. The number of hydrogen-bond donors (Lipinski definition) is 1. The summed E-state index contributed by atoms with van der Waals surface area (Å²) in [4.78, 5) is 20.7. The average molecular weight is 261 g/mol. The Balaban J connectivity index is 2.46. The van der Waals surface area contributed by atoms with E-state index in [0.717, 1.165) is 12.1 Å².